The molecule has 0 N–H and O–H groups in total. The Balaban J connectivity index is 1.86. The number of ether oxygens (including phenoxy) is 1. The summed E-state index contributed by atoms with van der Waals surface area (Å²) in [5.41, 5.74) is 4.52. The van der Waals surface area contributed by atoms with Crippen LogP contribution in [0.2, 0.25) is 0 Å². The molecule has 128 valence electrons. The lowest BCUT2D eigenvalue weighted by atomic mass is 10.1. The predicted molar refractivity (Wildman–Crippen MR) is 103 cm³/mol. The van der Waals surface area contributed by atoms with E-state index in [-0.39, 0.29) is 0 Å². The number of hydrogen-bond acceptors (Lipinski definition) is 4. The highest BCUT2D eigenvalue weighted by molar-refractivity contribution is 5.74. The number of rotatable bonds is 4. The molecule has 0 atom stereocenters. The third-order valence-corrected chi connectivity index (χ3v) is 4.17. The van der Waals surface area contributed by atoms with E-state index in [1.54, 1.807) is 7.11 Å². The van der Waals surface area contributed by atoms with Crippen LogP contribution in [0, 0.1) is 6.92 Å². The molecule has 2 heterocycles. The molecular weight excluding hydrogens is 324 g/mol. The van der Waals surface area contributed by atoms with Crippen molar-refractivity contribution in [2.45, 2.75) is 6.92 Å². The Morgan fingerprint density at radius 2 is 1.65 bits per heavy atom. The summed E-state index contributed by atoms with van der Waals surface area (Å²) in [5, 5.41) is 8.93. The number of benzene rings is 2. The molecule has 0 spiro atoms. The SMILES string of the molecule is COc1ccccc1N=Nc1c(-c2ccc(C)cc2)nc2ccccn12. The van der Waals surface area contributed by atoms with Gasteiger partial charge in [-0.1, -0.05) is 48.0 Å². The molecule has 0 saturated heterocycles. The molecule has 0 aliphatic rings. The van der Waals surface area contributed by atoms with E-state index in [0.29, 0.717) is 17.3 Å². The first-order chi connectivity index (χ1) is 12.8. The molecule has 0 saturated carbocycles. The number of pyridine rings is 1. The first-order valence-electron chi connectivity index (χ1n) is 8.35. The van der Waals surface area contributed by atoms with Gasteiger partial charge in [0.15, 0.2) is 5.82 Å². The van der Waals surface area contributed by atoms with Crippen molar-refractivity contribution in [3.05, 3.63) is 78.5 Å². The van der Waals surface area contributed by atoms with E-state index in [4.69, 9.17) is 9.72 Å². The third kappa shape index (κ3) is 2.95. The molecule has 0 aliphatic carbocycles. The first kappa shape index (κ1) is 16.0. The van der Waals surface area contributed by atoms with Crippen LogP contribution < -0.4 is 4.74 Å². The van der Waals surface area contributed by atoms with E-state index in [9.17, 15) is 0 Å². The zero-order valence-electron chi connectivity index (χ0n) is 14.6. The van der Waals surface area contributed by atoms with Crippen LogP contribution in [0.3, 0.4) is 0 Å². The van der Waals surface area contributed by atoms with Crippen molar-refractivity contribution >= 4 is 17.2 Å². The van der Waals surface area contributed by atoms with Crippen molar-refractivity contribution in [3.63, 3.8) is 0 Å². The summed E-state index contributed by atoms with van der Waals surface area (Å²) in [6.07, 6.45) is 1.94. The van der Waals surface area contributed by atoms with E-state index in [0.717, 1.165) is 16.9 Å². The molecule has 4 rings (SSSR count). The van der Waals surface area contributed by atoms with E-state index in [1.165, 1.54) is 5.56 Å². The smallest absolute Gasteiger partial charge is 0.187 e. The molecular formula is C21H18N4O. The molecule has 0 amide bonds. The zero-order valence-corrected chi connectivity index (χ0v) is 14.6. The monoisotopic (exact) mass is 342 g/mol. The Bertz CT molecular complexity index is 1080. The number of nitrogens with zero attached hydrogens (tertiary/aromatic N) is 4. The summed E-state index contributed by atoms with van der Waals surface area (Å²) < 4.78 is 7.29. The summed E-state index contributed by atoms with van der Waals surface area (Å²) in [7, 11) is 1.63. The molecule has 0 radical (unpaired) electrons. The molecule has 5 heteroatoms. The average molecular weight is 342 g/mol. The van der Waals surface area contributed by atoms with Gasteiger partial charge in [-0.25, -0.2) is 4.98 Å². The number of methoxy groups -OCH3 is 1. The lowest BCUT2D eigenvalue weighted by Gasteiger charge is -2.03. The Kier molecular flexibility index (Phi) is 4.19. The minimum absolute atomic E-state index is 0.677. The van der Waals surface area contributed by atoms with Gasteiger partial charge in [-0.05, 0) is 31.2 Å². The zero-order chi connectivity index (χ0) is 17.9. The van der Waals surface area contributed by atoms with Gasteiger partial charge in [-0.2, -0.15) is 0 Å². The van der Waals surface area contributed by atoms with Crippen LogP contribution in [-0.4, -0.2) is 16.5 Å². The minimum atomic E-state index is 0.677. The van der Waals surface area contributed by atoms with Gasteiger partial charge in [0.2, 0.25) is 0 Å². The van der Waals surface area contributed by atoms with Gasteiger partial charge < -0.3 is 4.74 Å². The molecule has 0 bridgehead atoms. The van der Waals surface area contributed by atoms with E-state index in [1.807, 2.05) is 53.1 Å². The van der Waals surface area contributed by atoms with Gasteiger partial charge >= 0.3 is 0 Å². The normalized spacial score (nSPS) is 11.3. The van der Waals surface area contributed by atoms with Crippen LogP contribution in [0.15, 0.2) is 83.2 Å². The maximum atomic E-state index is 5.35. The summed E-state index contributed by atoms with van der Waals surface area (Å²) in [6, 6.07) is 21.7. The van der Waals surface area contributed by atoms with Gasteiger partial charge in [-0.3, -0.25) is 4.40 Å². The average Bonchev–Trinajstić information content (AvgIpc) is 3.05. The van der Waals surface area contributed by atoms with Crippen molar-refractivity contribution in [1.82, 2.24) is 9.38 Å². The van der Waals surface area contributed by atoms with Crippen LogP contribution in [0.1, 0.15) is 5.56 Å². The Hall–Kier alpha value is -3.47. The number of hydrogen-bond donors (Lipinski definition) is 0. The number of fused-ring (bicyclic) bond motifs is 1. The Morgan fingerprint density at radius 3 is 2.46 bits per heavy atom. The van der Waals surface area contributed by atoms with Gasteiger partial charge in [0.05, 0.1) is 7.11 Å². The van der Waals surface area contributed by atoms with Gasteiger partial charge in [0.25, 0.3) is 0 Å². The van der Waals surface area contributed by atoms with Crippen molar-refractivity contribution in [3.8, 4) is 17.0 Å². The van der Waals surface area contributed by atoms with Crippen LogP contribution >= 0.6 is 0 Å². The third-order valence-electron chi connectivity index (χ3n) is 4.17. The fourth-order valence-electron chi connectivity index (χ4n) is 2.80. The first-order valence-corrected chi connectivity index (χ1v) is 8.35. The largest absolute Gasteiger partial charge is 0.494 e. The Labute approximate surface area is 151 Å². The highest BCUT2D eigenvalue weighted by atomic mass is 16.5. The molecule has 2 aromatic carbocycles. The molecule has 0 aliphatic heterocycles. The number of para-hydroxylation sites is 1. The predicted octanol–water partition coefficient (Wildman–Crippen LogP) is 5.73. The Morgan fingerprint density at radius 1 is 0.885 bits per heavy atom. The molecule has 5 nitrogen and oxygen atoms in total. The van der Waals surface area contributed by atoms with Crippen LogP contribution in [-0.2, 0) is 0 Å². The van der Waals surface area contributed by atoms with Gasteiger partial charge in [0, 0.05) is 11.8 Å². The van der Waals surface area contributed by atoms with Crippen LogP contribution in [0.25, 0.3) is 16.9 Å². The fourth-order valence-corrected chi connectivity index (χ4v) is 2.80. The minimum Gasteiger partial charge on any atom is -0.494 e. The quantitative estimate of drug-likeness (QED) is 0.444. The number of imidazole rings is 1. The maximum absolute atomic E-state index is 5.35. The summed E-state index contributed by atoms with van der Waals surface area (Å²) in [5.74, 6) is 1.37. The second-order valence-electron chi connectivity index (χ2n) is 5.95. The number of aromatic nitrogens is 2. The number of aryl methyl sites for hydroxylation is 1. The summed E-state index contributed by atoms with van der Waals surface area (Å²) in [6.45, 7) is 2.07. The lowest BCUT2D eigenvalue weighted by molar-refractivity contribution is 0.416. The van der Waals surface area contributed by atoms with Crippen molar-refractivity contribution in [2.24, 2.45) is 10.2 Å². The lowest BCUT2D eigenvalue weighted by Crippen LogP contribution is -1.83. The fraction of sp³-hybridized carbons (Fsp3) is 0.0952. The standard InChI is InChI=1S/C21H18N4O/c1-15-10-12-16(13-11-15)20-21(25-14-6-5-9-19(25)22-20)24-23-17-7-3-4-8-18(17)26-2/h3-14H,1-2H3. The topological polar surface area (TPSA) is 51.2 Å². The van der Waals surface area contributed by atoms with Gasteiger partial charge in [0.1, 0.15) is 22.8 Å². The molecule has 0 fully saturated rings. The summed E-state index contributed by atoms with van der Waals surface area (Å²) >= 11 is 0. The molecule has 0 unspecified atom stereocenters. The maximum Gasteiger partial charge on any atom is 0.187 e. The van der Waals surface area contributed by atoms with Crippen LogP contribution in [0.4, 0.5) is 11.5 Å². The van der Waals surface area contributed by atoms with E-state index < -0.39 is 0 Å². The highest BCUT2D eigenvalue weighted by Gasteiger charge is 2.14. The molecule has 2 aromatic heterocycles. The highest BCUT2D eigenvalue weighted by Crippen LogP contribution is 2.34. The summed E-state index contributed by atoms with van der Waals surface area (Å²) in [4.78, 5) is 4.75. The number of azo groups is 1. The molecule has 4 aromatic rings. The second-order valence-corrected chi connectivity index (χ2v) is 5.95. The van der Waals surface area contributed by atoms with Crippen molar-refractivity contribution in [1.29, 1.82) is 0 Å². The van der Waals surface area contributed by atoms with Gasteiger partial charge in [-0.15, -0.1) is 10.2 Å². The van der Waals surface area contributed by atoms with Crippen molar-refractivity contribution in [2.75, 3.05) is 7.11 Å². The molecule has 26 heavy (non-hydrogen) atoms. The second kappa shape index (κ2) is 6.80. The van der Waals surface area contributed by atoms with Crippen molar-refractivity contribution < 1.29 is 4.74 Å². The van der Waals surface area contributed by atoms with E-state index >= 15 is 0 Å². The van der Waals surface area contributed by atoms with E-state index in [2.05, 4.69) is 41.4 Å². The van der Waals surface area contributed by atoms with Crippen LogP contribution in [0.5, 0.6) is 5.75 Å².